The van der Waals surface area contributed by atoms with Crippen LogP contribution in [0.1, 0.15) is 10.4 Å². The lowest BCUT2D eigenvalue weighted by atomic mass is 10.1. The summed E-state index contributed by atoms with van der Waals surface area (Å²) in [7, 11) is 1.53. The fourth-order valence-electron chi connectivity index (χ4n) is 3.06. The highest BCUT2D eigenvalue weighted by Crippen LogP contribution is 2.40. The quantitative estimate of drug-likeness (QED) is 0.880. The van der Waals surface area contributed by atoms with Gasteiger partial charge in [0, 0.05) is 18.7 Å². The molecule has 0 aliphatic carbocycles. The first-order valence-corrected chi connectivity index (χ1v) is 8.82. The van der Waals surface area contributed by atoms with Crippen molar-refractivity contribution in [2.45, 2.75) is 0 Å². The molecule has 1 amide bonds. The number of methoxy groups -OCH3 is 1. The molecule has 2 aliphatic heterocycles. The lowest BCUT2D eigenvalue weighted by Crippen LogP contribution is -2.36. The number of morpholine rings is 1. The average Bonchev–Trinajstić information content (AvgIpc) is 2.74. The Kier molecular flexibility index (Phi) is 4.97. The standard InChI is InChI=1S/C19H21N3O5/c1-24-15-10-13(11-16-18(15)27-9-8-26-16)19(23)21-17-3-2-14(12-20-17)22-4-6-25-7-5-22/h2-3,10-12H,4-9H2,1H3,(H,20,21,23). The van der Waals surface area contributed by atoms with E-state index in [-0.39, 0.29) is 5.91 Å². The SMILES string of the molecule is COc1cc(C(=O)Nc2ccc(N3CCOCC3)cn2)cc2c1OCCO2. The fraction of sp³-hybridized carbons (Fsp3) is 0.368. The van der Waals surface area contributed by atoms with E-state index in [9.17, 15) is 4.79 Å². The Labute approximate surface area is 157 Å². The van der Waals surface area contributed by atoms with Gasteiger partial charge in [0.15, 0.2) is 11.5 Å². The molecule has 0 radical (unpaired) electrons. The van der Waals surface area contributed by atoms with Gasteiger partial charge in [-0.15, -0.1) is 0 Å². The molecule has 2 aliphatic rings. The highest BCUT2D eigenvalue weighted by Gasteiger charge is 2.21. The number of rotatable bonds is 4. The molecule has 1 fully saturated rings. The summed E-state index contributed by atoms with van der Waals surface area (Å²) in [5.74, 6) is 1.67. The highest BCUT2D eigenvalue weighted by atomic mass is 16.6. The summed E-state index contributed by atoms with van der Waals surface area (Å²) in [4.78, 5) is 19.2. The van der Waals surface area contributed by atoms with Gasteiger partial charge in [0.2, 0.25) is 5.75 Å². The number of hydrogen-bond acceptors (Lipinski definition) is 7. The Bertz CT molecular complexity index is 802. The number of pyridine rings is 1. The van der Waals surface area contributed by atoms with E-state index in [1.54, 1.807) is 24.4 Å². The third kappa shape index (κ3) is 3.75. The van der Waals surface area contributed by atoms with Gasteiger partial charge >= 0.3 is 0 Å². The number of anilines is 2. The third-order valence-electron chi connectivity index (χ3n) is 4.46. The highest BCUT2D eigenvalue weighted by molar-refractivity contribution is 6.04. The van der Waals surface area contributed by atoms with Crippen LogP contribution in [0.3, 0.4) is 0 Å². The van der Waals surface area contributed by atoms with Crippen molar-refractivity contribution in [3.05, 3.63) is 36.0 Å². The zero-order valence-electron chi connectivity index (χ0n) is 15.1. The van der Waals surface area contributed by atoms with E-state index in [1.807, 2.05) is 6.07 Å². The predicted molar refractivity (Wildman–Crippen MR) is 99.2 cm³/mol. The first-order chi connectivity index (χ1) is 13.2. The molecule has 1 aromatic heterocycles. The van der Waals surface area contributed by atoms with Crippen LogP contribution < -0.4 is 24.4 Å². The number of carbonyl (C=O) groups is 1. The Balaban J connectivity index is 1.49. The lowest BCUT2D eigenvalue weighted by Gasteiger charge is -2.28. The molecule has 0 spiro atoms. The van der Waals surface area contributed by atoms with Crippen LogP contribution in [0.2, 0.25) is 0 Å². The normalized spacial score (nSPS) is 16.0. The number of aromatic nitrogens is 1. The minimum atomic E-state index is -0.295. The minimum absolute atomic E-state index is 0.295. The van der Waals surface area contributed by atoms with Gasteiger partial charge in [0.05, 0.1) is 32.2 Å². The van der Waals surface area contributed by atoms with Crippen LogP contribution in [0.15, 0.2) is 30.5 Å². The van der Waals surface area contributed by atoms with Crippen LogP contribution in [0.25, 0.3) is 0 Å². The summed E-state index contributed by atoms with van der Waals surface area (Å²) < 4.78 is 21.8. The van der Waals surface area contributed by atoms with Crippen LogP contribution in [-0.2, 0) is 4.74 Å². The van der Waals surface area contributed by atoms with Crippen LogP contribution in [0.4, 0.5) is 11.5 Å². The second-order valence-corrected chi connectivity index (χ2v) is 6.16. The molecule has 142 valence electrons. The van der Waals surface area contributed by atoms with Crippen molar-refractivity contribution < 1.29 is 23.7 Å². The van der Waals surface area contributed by atoms with Crippen LogP contribution >= 0.6 is 0 Å². The van der Waals surface area contributed by atoms with E-state index < -0.39 is 0 Å². The summed E-state index contributed by atoms with van der Waals surface area (Å²) >= 11 is 0. The maximum atomic E-state index is 12.6. The number of hydrogen-bond donors (Lipinski definition) is 1. The molecule has 27 heavy (non-hydrogen) atoms. The smallest absolute Gasteiger partial charge is 0.257 e. The molecule has 1 N–H and O–H groups in total. The number of nitrogens with zero attached hydrogens (tertiary/aromatic N) is 2. The van der Waals surface area contributed by atoms with Gasteiger partial charge in [-0.1, -0.05) is 0 Å². The van der Waals surface area contributed by atoms with Crippen LogP contribution in [0.5, 0.6) is 17.2 Å². The molecular weight excluding hydrogens is 350 g/mol. The zero-order chi connectivity index (χ0) is 18.6. The molecule has 0 bridgehead atoms. The van der Waals surface area contributed by atoms with E-state index >= 15 is 0 Å². The van der Waals surface area contributed by atoms with Crippen molar-refractivity contribution in [1.82, 2.24) is 4.98 Å². The fourth-order valence-corrected chi connectivity index (χ4v) is 3.06. The first-order valence-electron chi connectivity index (χ1n) is 8.82. The predicted octanol–water partition coefficient (Wildman–Crippen LogP) is 1.95. The van der Waals surface area contributed by atoms with E-state index in [0.717, 1.165) is 18.8 Å². The van der Waals surface area contributed by atoms with E-state index in [0.29, 0.717) is 55.1 Å². The Morgan fingerprint density at radius 2 is 1.96 bits per heavy atom. The Morgan fingerprint density at radius 1 is 1.15 bits per heavy atom. The summed E-state index contributed by atoms with van der Waals surface area (Å²) in [5, 5.41) is 2.80. The molecule has 3 heterocycles. The second kappa shape index (κ2) is 7.71. The number of benzene rings is 1. The topological polar surface area (TPSA) is 82.2 Å². The van der Waals surface area contributed by atoms with Crippen molar-refractivity contribution in [1.29, 1.82) is 0 Å². The van der Waals surface area contributed by atoms with Gasteiger partial charge < -0.3 is 29.2 Å². The maximum Gasteiger partial charge on any atom is 0.257 e. The van der Waals surface area contributed by atoms with Gasteiger partial charge in [0.25, 0.3) is 5.91 Å². The van der Waals surface area contributed by atoms with Gasteiger partial charge in [-0.2, -0.15) is 0 Å². The van der Waals surface area contributed by atoms with E-state index in [2.05, 4.69) is 15.2 Å². The van der Waals surface area contributed by atoms with Crippen LogP contribution in [0, 0.1) is 0 Å². The number of nitrogens with one attached hydrogen (secondary N) is 1. The van der Waals surface area contributed by atoms with Gasteiger partial charge in [-0.25, -0.2) is 4.98 Å². The minimum Gasteiger partial charge on any atom is -0.493 e. The number of ether oxygens (including phenoxy) is 4. The summed E-state index contributed by atoms with van der Waals surface area (Å²) in [6, 6.07) is 7.01. The maximum absolute atomic E-state index is 12.6. The molecular formula is C19H21N3O5. The first kappa shape index (κ1) is 17.4. The third-order valence-corrected chi connectivity index (χ3v) is 4.46. The number of carbonyl (C=O) groups excluding carboxylic acids is 1. The molecule has 0 unspecified atom stereocenters. The Hall–Kier alpha value is -3.00. The molecule has 8 heteroatoms. The molecule has 1 aromatic carbocycles. The van der Waals surface area contributed by atoms with Crippen molar-refractivity contribution in [3.63, 3.8) is 0 Å². The summed E-state index contributed by atoms with van der Waals surface area (Å²) in [6.45, 7) is 3.99. The molecule has 0 saturated carbocycles. The van der Waals surface area contributed by atoms with Crippen LogP contribution in [-0.4, -0.2) is 57.5 Å². The molecule has 0 atom stereocenters. The Morgan fingerprint density at radius 3 is 2.70 bits per heavy atom. The monoisotopic (exact) mass is 371 g/mol. The van der Waals surface area contributed by atoms with E-state index in [4.69, 9.17) is 18.9 Å². The summed E-state index contributed by atoms with van der Waals surface area (Å²) in [6.07, 6.45) is 1.76. The lowest BCUT2D eigenvalue weighted by molar-refractivity contribution is 0.102. The average molecular weight is 371 g/mol. The zero-order valence-corrected chi connectivity index (χ0v) is 15.1. The largest absolute Gasteiger partial charge is 0.493 e. The van der Waals surface area contributed by atoms with E-state index in [1.165, 1.54) is 7.11 Å². The number of fused-ring (bicyclic) bond motifs is 1. The van der Waals surface area contributed by atoms with Gasteiger partial charge in [-0.05, 0) is 24.3 Å². The molecule has 1 saturated heterocycles. The molecule has 8 nitrogen and oxygen atoms in total. The second-order valence-electron chi connectivity index (χ2n) is 6.16. The van der Waals surface area contributed by atoms with Crippen molar-refractivity contribution in [2.24, 2.45) is 0 Å². The van der Waals surface area contributed by atoms with Gasteiger partial charge in [-0.3, -0.25) is 4.79 Å². The van der Waals surface area contributed by atoms with Gasteiger partial charge in [0.1, 0.15) is 19.0 Å². The summed E-state index contributed by atoms with van der Waals surface area (Å²) in [5.41, 5.74) is 1.42. The molecule has 2 aromatic rings. The van der Waals surface area contributed by atoms with Crippen molar-refractivity contribution >= 4 is 17.4 Å². The van der Waals surface area contributed by atoms with Crippen molar-refractivity contribution in [2.75, 3.05) is 56.8 Å². The molecule has 4 rings (SSSR count). The number of amides is 1. The van der Waals surface area contributed by atoms with Crippen molar-refractivity contribution in [3.8, 4) is 17.2 Å².